The third-order valence-corrected chi connectivity index (χ3v) is 5.17. The first-order valence-corrected chi connectivity index (χ1v) is 9.18. The Balaban J connectivity index is 1.36. The fourth-order valence-electron chi connectivity index (χ4n) is 2.67. The summed E-state index contributed by atoms with van der Waals surface area (Å²) in [5.41, 5.74) is 6.22. The van der Waals surface area contributed by atoms with Gasteiger partial charge in [-0.1, -0.05) is 66.4 Å². The number of hydrazone groups is 1. The molecule has 1 heterocycles. The Morgan fingerprint density at radius 2 is 1.77 bits per heavy atom. The third-order valence-electron chi connectivity index (χ3n) is 4.01. The van der Waals surface area contributed by atoms with Gasteiger partial charge in [-0.05, 0) is 35.4 Å². The fourth-order valence-corrected chi connectivity index (χ4v) is 3.67. The molecule has 1 aliphatic rings. The molecule has 0 fully saturated rings. The standard InChI is InChI=1S/C21H17FN2OS/c22-18-8-4-5-15(13-18)14-25-19-11-9-17(10-12-19)21-24-23-20(26-21)16-6-2-1-3-7-16/h1-13,21,24H,14H2/t21-/m1/s1. The highest BCUT2D eigenvalue weighted by atomic mass is 32.2. The summed E-state index contributed by atoms with van der Waals surface area (Å²) in [4.78, 5) is 0. The van der Waals surface area contributed by atoms with Gasteiger partial charge in [0.15, 0.2) is 0 Å². The number of hydrogen-bond donors (Lipinski definition) is 1. The van der Waals surface area contributed by atoms with Crippen molar-refractivity contribution in [1.29, 1.82) is 0 Å². The maximum atomic E-state index is 13.2. The van der Waals surface area contributed by atoms with Crippen molar-refractivity contribution < 1.29 is 9.13 Å². The molecular formula is C21H17FN2OS. The normalized spacial score (nSPS) is 16.0. The Morgan fingerprint density at radius 3 is 2.54 bits per heavy atom. The Morgan fingerprint density at radius 1 is 0.962 bits per heavy atom. The summed E-state index contributed by atoms with van der Waals surface area (Å²) in [6.07, 6.45) is 0. The molecule has 0 saturated carbocycles. The summed E-state index contributed by atoms with van der Waals surface area (Å²) in [5.74, 6) is 0.505. The van der Waals surface area contributed by atoms with E-state index in [2.05, 4.69) is 22.7 Å². The highest BCUT2D eigenvalue weighted by Crippen LogP contribution is 2.34. The van der Waals surface area contributed by atoms with Crippen LogP contribution in [0.5, 0.6) is 5.75 Å². The van der Waals surface area contributed by atoms with Crippen molar-refractivity contribution in [3.05, 3.63) is 101 Å². The van der Waals surface area contributed by atoms with Crippen molar-refractivity contribution in [1.82, 2.24) is 5.43 Å². The van der Waals surface area contributed by atoms with Crippen molar-refractivity contribution in [2.75, 3.05) is 0 Å². The van der Waals surface area contributed by atoms with Gasteiger partial charge in [0, 0.05) is 5.56 Å². The smallest absolute Gasteiger partial charge is 0.126 e. The van der Waals surface area contributed by atoms with E-state index in [-0.39, 0.29) is 11.2 Å². The number of nitrogens with zero attached hydrogens (tertiary/aromatic N) is 1. The number of nitrogens with one attached hydrogen (secondary N) is 1. The van der Waals surface area contributed by atoms with Crippen molar-refractivity contribution in [2.24, 2.45) is 5.10 Å². The third kappa shape index (κ3) is 3.89. The van der Waals surface area contributed by atoms with Crippen LogP contribution in [0.15, 0.2) is 84.0 Å². The van der Waals surface area contributed by atoms with Gasteiger partial charge in [0.05, 0.1) is 0 Å². The predicted molar refractivity (Wildman–Crippen MR) is 104 cm³/mol. The lowest BCUT2D eigenvalue weighted by Gasteiger charge is -2.11. The molecule has 3 nitrogen and oxygen atoms in total. The molecule has 4 rings (SSSR count). The second-order valence-electron chi connectivity index (χ2n) is 5.90. The largest absolute Gasteiger partial charge is 0.489 e. The molecule has 1 N–H and O–H groups in total. The van der Waals surface area contributed by atoms with Crippen LogP contribution in [0, 0.1) is 5.82 Å². The molecule has 0 bridgehead atoms. The number of ether oxygens (including phenoxy) is 1. The number of benzene rings is 3. The molecule has 1 aliphatic heterocycles. The van der Waals surface area contributed by atoms with E-state index in [4.69, 9.17) is 4.74 Å². The summed E-state index contributed by atoms with van der Waals surface area (Å²) in [5, 5.41) is 5.51. The van der Waals surface area contributed by atoms with Crippen LogP contribution in [0.25, 0.3) is 0 Å². The molecule has 1 atom stereocenters. The lowest BCUT2D eigenvalue weighted by atomic mass is 10.2. The van der Waals surface area contributed by atoms with E-state index in [0.29, 0.717) is 6.61 Å². The zero-order valence-corrected chi connectivity index (χ0v) is 14.7. The first-order valence-electron chi connectivity index (χ1n) is 8.30. The van der Waals surface area contributed by atoms with E-state index in [9.17, 15) is 4.39 Å². The van der Waals surface area contributed by atoms with Gasteiger partial charge < -0.3 is 4.74 Å². The summed E-state index contributed by atoms with van der Waals surface area (Å²) in [6.45, 7) is 0.342. The van der Waals surface area contributed by atoms with Crippen LogP contribution < -0.4 is 10.2 Å². The molecule has 5 heteroatoms. The average Bonchev–Trinajstić information content (AvgIpc) is 3.18. The molecule has 26 heavy (non-hydrogen) atoms. The van der Waals surface area contributed by atoms with Crippen LogP contribution in [0.4, 0.5) is 4.39 Å². The predicted octanol–water partition coefficient (Wildman–Crippen LogP) is 5.10. The topological polar surface area (TPSA) is 33.6 Å². The van der Waals surface area contributed by atoms with E-state index in [1.165, 1.54) is 12.1 Å². The number of rotatable bonds is 5. The first kappa shape index (κ1) is 16.7. The van der Waals surface area contributed by atoms with Crippen LogP contribution in [0.3, 0.4) is 0 Å². The van der Waals surface area contributed by atoms with E-state index in [0.717, 1.165) is 27.5 Å². The van der Waals surface area contributed by atoms with Crippen LogP contribution in [-0.2, 0) is 6.61 Å². The maximum absolute atomic E-state index is 13.2. The van der Waals surface area contributed by atoms with E-state index in [1.54, 1.807) is 17.8 Å². The Kier molecular flexibility index (Phi) is 4.88. The van der Waals surface area contributed by atoms with Crippen LogP contribution in [0.1, 0.15) is 22.1 Å². The Bertz CT molecular complexity index is 913. The lowest BCUT2D eigenvalue weighted by molar-refractivity contribution is 0.305. The Hall–Kier alpha value is -2.79. The highest BCUT2D eigenvalue weighted by molar-refractivity contribution is 8.14. The van der Waals surface area contributed by atoms with Gasteiger partial charge in [-0.2, -0.15) is 5.10 Å². The molecular weight excluding hydrogens is 347 g/mol. The minimum atomic E-state index is -0.250. The van der Waals surface area contributed by atoms with Crippen molar-refractivity contribution in [3.63, 3.8) is 0 Å². The van der Waals surface area contributed by atoms with E-state index < -0.39 is 0 Å². The zero-order chi connectivity index (χ0) is 17.8. The quantitative estimate of drug-likeness (QED) is 0.684. The van der Waals surface area contributed by atoms with E-state index >= 15 is 0 Å². The molecule has 0 amide bonds. The minimum Gasteiger partial charge on any atom is -0.489 e. The fraction of sp³-hybridized carbons (Fsp3) is 0.0952. The van der Waals surface area contributed by atoms with Gasteiger partial charge >= 0.3 is 0 Å². The molecule has 0 unspecified atom stereocenters. The molecule has 0 saturated heterocycles. The van der Waals surface area contributed by atoms with Crippen LogP contribution >= 0.6 is 11.8 Å². The summed E-state index contributed by atoms with van der Waals surface area (Å²) < 4.78 is 18.9. The SMILES string of the molecule is Fc1cccc(COc2ccc([C@@H]3NN=C(c4ccccc4)S3)cc2)c1. The highest BCUT2D eigenvalue weighted by Gasteiger charge is 2.21. The second kappa shape index (κ2) is 7.62. The average molecular weight is 364 g/mol. The minimum absolute atomic E-state index is 0.0856. The first-order chi connectivity index (χ1) is 12.8. The zero-order valence-electron chi connectivity index (χ0n) is 13.9. The van der Waals surface area contributed by atoms with Gasteiger partial charge in [-0.3, -0.25) is 5.43 Å². The Labute approximate surface area is 155 Å². The lowest BCUT2D eigenvalue weighted by Crippen LogP contribution is -2.06. The van der Waals surface area contributed by atoms with Crippen molar-refractivity contribution in [2.45, 2.75) is 12.0 Å². The molecule has 0 spiro atoms. The van der Waals surface area contributed by atoms with Crippen molar-refractivity contribution >= 4 is 16.8 Å². The van der Waals surface area contributed by atoms with Gasteiger partial charge in [-0.25, -0.2) is 4.39 Å². The summed E-state index contributed by atoms with van der Waals surface area (Å²) >= 11 is 1.69. The van der Waals surface area contributed by atoms with Gasteiger partial charge in [0.1, 0.15) is 28.6 Å². The molecule has 0 aliphatic carbocycles. The van der Waals surface area contributed by atoms with Crippen LogP contribution in [-0.4, -0.2) is 5.04 Å². The summed E-state index contributed by atoms with van der Waals surface area (Å²) in [6, 6.07) is 24.5. The number of thioether (sulfide) groups is 1. The van der Waals surface area contributed by atoms with Gasteiger partial charge in [-0.15, -0.1) is 0 Å². The van der Waals surface area contributed by atoms with Crippen LogP contribution in [0.2, 0.25) is 0 Å². The number of hydrogen-bond acceptors (Lipinski definition) is 4. The second-order valence-corrected chi connectivity index (χ2v) is 6.99. The monoisotopic (exact) mass is 364 g/mol. The molecule has 0 aromatic heterocycles. The molecule has 3 aromatic carbocycles. The maximum Gasteiger partial charge on any atom is 0.126 e. The van der Waals surface area contributed by atoms with Gasteiger partial charge in [0.2, 0.25) is 0 Å². The van der Waals surface area contributed by atoms with Crippen molar-refractivity contribution in [3.8, 4) is 5.75 Å². The molecule has 3 aromatic rings. The van der Waals surface area contributed by atoms with Gasteiger partial charge in [0.25, 0.3) is 0 Å². The molecule has 130 valence electrons. The number of halogens is 1. The molecule has 0 radical (unpaired) electrons. The van der Waals surface area contributed by atoms with E-state index in [1.807, 2.05) is 48.5 Å². The summed E-state index contributed by atoms with van der Waals surface area (Å²) in [7, 11) is 0.